The van der Waals surface area contributed by atoms with Gasteiger partial charge in [-0.05, 0) is 32.9 Å². The smallest absolute Gasteiger partial charge is 0.0195 e. The molecule has 1 atom stereocenters. The molecule has 2 aliphatic heterocycles. The Labute approximate surface area is 80.9 Å². The maximum atomic E-state index is 3.45. The van der Waals surface area contributed by atoms with E-state index in [4.69, 9.17) is 0 Å². The van der Waals surface area contributed by atoms with Gasteiger partial charge in [0, 0.05) is 31.7 Å². The molecule has 0 aromatic rings. The van der Waals surface area contributed by atoms with Crippen LogP contribution < -0.4 is 10.6 Å². The summed E-state index contributed by atoms with van der Waals surface area (Å²) in [6.07, 6.45) is 2.68. The van der Waals surface area contributed by atoms with Gasteiger partial charge in [-0.2, -0.15) is 0 Å². The van der Waals surface area contributed by atoms with Crippen LogP contribution in [0.15, 0.2) is 0 Å². The lowest BCUT2D eigenvalue weighted by molar-refractivity contribution is 0.0956. The number of hydrogen-bond donors (Lipinski definition) is 2. The predicted octanol–water partition coefficient (Wildman–Crippen LogP) is 0.0321. The molecule has 2 saturated heterocycles. The van der Waals surface area contributed by atoms with Gasteiger partial charge in [0.15, 0.2) is 0 Å². The Bertz CT molecular complexity index is 154. The van der Waals surface area contributed by atoms with Crippen LogP contribution in [0.25, 0.3) is 0 Å². The van der Waals surface area contributed by atoms with Crippen LogP contribution >= 0.6 is 0 Å². The molecule has 0 aromatic heterocycles. The molecule has 2 heterocycles. The molecule has 0 aliphatic carbocycles. The van der Waals surface area contributed by atoms with E-state index in [9.17, 15) is 0 Å². The Morgan fingerprint density at radius 2 is 1.85 bits per heavy atom. The Kier molecular flexibility index (Phi) is 3.19. The summed E-state index contributed by atoms with van der Waals surface area (Å²) in [6.45, 7) is 8.35. The standard InChI is InChI=1S/C10H21N3/c1-9-8-12-6-7-13(9)10-2-4-11-5-3-10/h9-12H,2-8H2,1H3/t9-/m0/s1. The first kappa shape index (κ1) is 9.44. The monoisotopic (exact) mass is 183 g/mol. The second-order valence-electron chi connectivity index (χ2n) is 4.27. The summed E-state index contributed by atoms with van der Waals surface area (Å²) in [5, 5.41) is 6.87. The van der Waals surface area contributed by atoms with E-state index in [2.05, 4.69) is 22.5 Å². The number of hydrogen-bond acceptors (Lipinski definition) is 3. The fourth-order valence-electron chi connectivity index (χ4n) is 2.54. The van der Waals surface area contributed by atoms with Gasteiger partial charge in [-0.1, -0.05) is 0 Å². The number of nitrogens with zero attached hydrogens (tertiary/aromatic N) is 1. The third-order valence-corrected chi connectivity index (χ3v) is 3.33. The van der Waals surface area contributed by atoms with Crippen LogP contribution in [0, 0.1) is 0 Å². The van der Waals surface area contributed by atoms with Gasteiger partial charge in [0.1, 0.15) is 0 Å². The molecule has 0 bridgehead atoms. The lowest BCUT2D eigenvalue weighted by Gasteiger charge is -2.41. The molecule has 2 N–H and O–H groups in total. The van der Waals surface area contributed by atoms with Gasteiger partial charge in [0.2, 0.25) is 0 Å². The van der Waals surface area contributed by atoms with Gasteiger partial charge in [-0.15, -0.1) is 0 Å². The van der Waals surface area contributed by atoms with E-state index >= 15 is 0 Å². The molecule has 0 saturated carbocycles. The average Bonchev–Trinajstić information content (AvgIpc) is 2.20. The summed E-state index contributed by atoms with van der Waals surface area (Å²) in [7, 11) is 0. The van der Waals surface area contributed by atoms with Gasteiger partial charge < -0.3 is 10.6 Å². The summed E-state index contributed by atoms with van der Waals surface area (Å²) < 4.78 is 0. The summed E-state index contributed by atoms with van der Waals surface area (Å²) in [4.78, 5) is 2.69. The molecule has 3 heteroatoms. The normalized spacial score (nSPS) is 33.5. The molecule has 3 nitrogen and oxygen atoms in total. The van der Waals surface area contributed by atoms with Crippen molar-refractivity contribution in [1.82, 2.24) is 15.5 Å². The fourth-order valence-corrected chi connectivity index (χ4v) is 2.54. The van der Waals surface area contributed by atoms with Crippen molar-refractivity contribution >= 4 is 0 Å². The number of piperidine rings is 1. The van der Waals surface area contributed by atoms with Crippen LogP contribution in [0.2, 0.25) is 0 Å². The SMILES string of the molecule is C[C@H]1CNCCN1C1CCNCC1. The Morgan fingerprint density at radius 3 is 2.54 bits per heavy atom. The van der Waals surface area contributed by atoms with Gasteiger partial charge in [0.05, 0.1) is 0 Å². The van der Waals surface area contributed by atoms with Crippen molar-refractivity contribution in [3.8, 4) is 0 Å². The topological polar surface area (TPSA) is 27.3 Å². The van der Waals surface area contributed by atoms with Crippen molar-refractivity contribution in [2.24, 2.45) is 0 Å². The zero-order valence-electron chi connectivity index (χ0n) is 8.55. The van der Waals surface area contributed by atoms with E-state index in [0.29, 0.717) is 0 Å². The maximum Gasteiger partial charge on any atom is 0.0195 e. The fraction of sp³-hybridized carbons (Fsp3) is 1.00. The lowest BCUT2D eigenvalue weighted by Crippen LogP contribution is -2.55. The number of piperazine rings is 1. The van der Waals surface area contributed by atoms with Crippen molar-refractivity contribution in [2.75, 3.05) is 32.7 Å². The summed E-state index contributed by atoms with van der Waals surface area (Å²) in [5.74, 6) is 0. The van der Waals surface area contributed by atoms with Crippen LogP contribution in [-0.4, -0.2) is 49.7 Å². The quantitative estimate of drug-likeness (QED) is 0.601. The highest BCUT2D eigenvalue weighted by atomic mass is 15.2. The van der Waals surface area contributed by atoms with E-state index < -0.39 is 0 Å². The van der Waals surface area contributed by atoms with Crippen molar-refractivity contribution in [2.45, 2.75) is 31.8 Å². The second kappa shape index (κ2) is 4.40. The molecule has 2 fully saturated rings. The minimum atomic E-state index is 0.733. The first-order valence-electron chi connectivity index (χ1n) is 5.55. The molecule has 0 spiro atoms. The van der Waals surface area contributed by atoms with Crippen LogP contribution in [0.1, 0.15) is 19.8 Å². The van der Waals surface area contributed by atoms with E-state index in [-0.39, 0.29) is 0 Å². The molecule has 13 heavy (non-hydrogen) atoms. The molecule has 0 radical (unpaired) electrons. The van der Waals surface area contributed by atoms with Gasteiger partial charge in [-0.25, -0.2) is 0 Å². The van der Waals surface area contributed by atoms with E-state index in [1.54, 1.807) is 0 Å². The lowest BCUT2D eigenvalue weighted by atomic mass is 10.0. The molecular formula is C10H21N3. The first-order valence-corrected chi connectivity index (χ1v) is 5.55. The maximum absolute atomic E-state index is 3.45. The molecule has 0 aromatic carbocycles. The van der Waals surface area contributed by atoms with E-state index in [1.807, 2.05) is 0 Å². The second-order valence-corrected chi connectivity index (χ2v) is 4.27. The Morgan fingerprint density at radius 1 is 1.08 bits per heavy atom. The molecule has 0 unspecified atom stereocenters. The third-order valence-electron chi connectivity index (χ3n) is 3.33. The Hall–Kier alpha value is -0.120. The highest BCUT2D eigenvalue weighted by Crippen LogP contribution is 2.15. The first-order chi connectivity index (χ1) is 6.38. The average molecular weight is 183 g/mol. The minimum absolute atomic E-state index is 0.733. The van der Waals surface area contributed by atoms with E-state index in [1.165, 1.54) is 45.6 Å². The van der Waals surface area contributed by atoms with Gasteiger partial charge in [0.25, 0.3) is 0 Å². The highest BCUT2D eigenvalue weighted by Gasteiger charge is 2.26. The van der Waals surface area contributed by atoms with Crippen molar-refractivity contribution in [1.29, 1.82) is 0 Å². The van der Waals surface area contributed by atoms with Crippen molar-refractivity contribution in [3.63, 3.8) is 0 Å². The van der Waals surface area contributed by atoms with Crippen LogP contribution in [0.4, 0.5) is 0 Å². The van der Waals surface area contributed by atoms with E-state index in [0.717, 1.165) is 12.1 Å². The summed E-state index contributed by atoms with van der Waals surface area (Å²) in [6, 6.07) is 1.58. The number of rotatable bonds is 1. The van der Waals surface area contributed by atoms with Crippen LogP contribution in [0.3, 0.4) is 0 Å². The largest absolute Gasteiger partial charge is 0.317 e. The minimum Gasteiger partial charge on any atom is -0.317 e. The van der Waals surface area contributed by atoms with Crippen LogP contribution in [-0.2, 0) is 0 Å². The number of nitrogens with one attached hydrogen (secondary N) is 2. The van der Waals surface area contributed by atoms with Crippen molar-refractivity contribution in [3.05, 3.63) is 0 Å². The summed E-state index contributed by atoms with van der Waals surface area (Å²) >= 11 is 0. The molecule has 2 rings (SSSR count). The molecule has 0 amide bonds. The van der Waals surface area contributed by atoms with Crippen molar-refractivity contribution < 1.29 is 0 Å². The third kappa shape index (κ3) is 2.22. The van der Waals surface area contributed by atoms with Crippen LogP contribution in [0.5, 0.6) is 0 Å². The molecular weight excluding hydrogens is 162 g/mol. The Balaban J connectivity index is 1.88. The zero-order chi connectivity index (χ0) is 9.10. The predicted molar refractivity (Wildman–Crippen MR) is 54.9 cm³/mol. The summed E-state index contributed by atoms with van der Waals surface area (Å²) in [5.41, 5.74) is 0. The molecule has 2 aliphatic rings. The zero-order valence-corrected chi connectivity index (χ0v) is 8.55. The van der Waals surface area contributed by atoms with Gasteiger partial charge in [-0.3, -0.25) is 4.90 Å². The molecule has 76 valence electrons. The highest BCUT2D eigenvalue weighted by molar-refractivity contribution is 4.85. The van der Waals surface area contributed by atoms with Gasteiger partial charge >= 0.3 is 0 Å².